The van der Waals surface area contributed by atoms with Crippen molar-refractivity contribution in [2.75, 3.05) is 11.9 Å². The van der Waals surface area contributed by atoms with Gasteiger partial charge in [-0.3, -0.25) is 9.78 Å². The van der Waals surface area contributed by atoms with E-state index in [0.29, 0.717) is 17.8 Å². The van der Waals surface area contributed by atoms with Gasteiger partial charge in [-0.1, -0.05) is 34.5 Å². The molecule has 0 bridgehead atoms. The second-order valence-electron chi connectivity index (χ2n) is 7.40. The van der Waals surface area contributed by atoms with E-state index >= 15 is 0 Å². The van der Waals surface area contributed by atoms with Gasteiger partial charge in [-0.25, -0.2) is 8.42 Å². The summed E-state index contributed by atoms with van der Waals surface area (Å²) in [6, 6.07) is 16.9. The third-order valence-electron chi connectivity index (χ3n) is 5.33. The fourth-order valence-electron chi connectivity index (χ4n) is 3.78. The highest BCUT2D eigenvalue weighted by molar-refractivity contribution is 9.10. The summed E-state index contributed by atoms with van der Waals surface area (Å²) in [6.07, 6.45) is 6.00. The Bertz CT molecular complexity index is 1170. The van der Waals surface area contributed by atoms with Crippen LogP contribution in [0.25, 0.3) is 0 Å². The molecule has 1 fully saturated rings. The van der Waals surface area contributed by atoms with Crippen LogP contribution in [0, 0.1) is 0 Å². The Morgan fingerprint density at radius 3 is 2.58 bits per heavy atom. The maximum atomic E-state index is 13.4. The van der Waals surface area contributed by atoms with Crippen LogP contribution >= 0.6 is 15.9 Å². The lowest BCUT2D eigenvalue weighted by Gasteiger charge is -2.34. The number of piperidine rings is 1. The average molecular weight is 500 g/mol. The number of amides is 1. The summed E-state index contributed by atoms with van der Waals surface area (Å²) >= 11 is 3.35. The molecule has 2 heterocycles. The third kappa shape index (κ3) is 4.87. The average Bonchev–Trinajstić information content (AvgIpc) is 2.80. The van der Waals surface area contributed by atoms with E-state index in [1.807, 2.05) is 18.2 Å². The number of hydrogen-bond donors (Lipinski definition) is 1. The van der Waals surface area contributed by atoms with Crippen LogP contribution in [0.3, 0.4) is 0 Å². The van der Waals surface area contributed by atoms with Crippen LogP contribution in [0.15, 0.2) is 82.4 Å². The predicted molar refractivity (Wildman–Crippen MR) is 123 cm³/mol. The predicted octanol–water partition coefficient (Wildman–Crippen LogP) is 5.01. The zero-order chi connectivity index (χ0) is 21.8. The molecule has 1 atom stereocenters. The van der Waals surface area contributed by atoms with Gasteiger partial charge in [0.1, 0.15) is 0 Å². The molecule has 31 heavy (non-hydrogen) atoms. The van der Waals surface area contributed by atoms with E-state index in [-0.39, 0.29) is 16.8 Å². The summed E-state index contributed by atoms with van der Waals surface area (Å²) in [5.41, 5.74) is 1.95. The lowest BCUT2D eigenvalue weighted by atomic mass is 9.99. The molecule has 3 aromatic rings. The molecule has 0 radical (unpaired) electrons. The summed E-state index contributed by atoms with van der Waals surface area (Å²) in [7, 11) is -3.68. The van der Waals surface area contributed by atoms with Gasteiger partial charge in [-0.15, -0.1) is 0 Å². The van der Waals surface area contributed by atoms with Crippen LogP contribution in [0.4, 0.5) is 5.69 Å². The summed E-state index contributed by atoms with van der Waals surface area (Å²) < 4.78 is 29.1. The number of nitrogens with one attached hydrogen (secondary N) is 1. The van der Waals surface area contributed by atoms with Gasteiger partial charge in [0, 0.05) is 34.7 Å². The largest absolute Gasteiger partial charge is 0.322 e. The van der Waals surface area contributed by atoms with Gasteiger partial charge in [-0.05, 0) is 66.9 Å². The van der Waals surface area contributed by atoms with Crippen molar-refractivity contribution < 1.29 is 13.2 Å². The second-order valence-corrected chi connectivity index (χ2v) is 10.2. The van der Waals surface area contributed by atoms with Crippen LogP contribution in [-0.2, 0) is 10.0 Å². The van der Waals surface area contributed by atoms with Crippen molar-refractivity contribution in [2.45, 2.75) is 30.2 Å². The van der Waals surface area contributed by atoms with Gasteiger partial charge < -0.3 is 5.32 Å². The number of aromatic nitrogens is 1. The highest BCUT2D eigenvalue weighted by Gasteiger charge is 2.34. The Balaban J connectivity index is 1.54. The number of pyridine rings is 1. The zero-order valence-electron chi connectivity index (χ0n) is 16.7. The maximum Gasteiger partial charge on any atom is 0.255 e. The van der Waals surface area contributed by atoms with Crippen LogP contribution in [0.1, 0.15) is 41.2 Å². The van der Waals surface area contributed by atoms with Crippen molar-refractivity contribution in [3.05, 3.63) is 88.7 Å². The number of carbonyl (C=O) groups excluding carboxylic acids is 1. The molecule has 1 saturated heterocycles. The monoisotopic (exact) mass is 499 g/mol. The van der Waals surface area contributed by atoms with Gasteiger partial charge in [0.2, 0.25) is 10.0 Å². The van der Waals surface area contributed by atoms with Gasteiger partial charge in [0.15, 0.2) is 0 Å². The van der Waals surface area contributed by atoms with Crippen molar-refractivity contribution in [1.82, 2.24) is 9.29 Å². The van der Waals surface area contributed by atoms with Crippen molar-refractivity contribution in [3.63, 3.8) is 0 Å². The Morgan fingerprint density at radius 1 is 1.06 bits per heavy atom. The van der Waals surface area contributed by atoms with Crippen LogP contribution in [0.2, 0.25) is 0 Å². The van der Waals surface area contributed by atoms with Crippen LogP contribution in [0.5, 0.6) is 0 Å². The molecule has 0 saturated carbocycles. The first-order chi connectivity index (χ1) is 14.9. The number of nitrogens with zero attached hydrogens (tertiary/aromatic N) is 2. The molecule has 8 heteroatoms. The van der Waals surface area contributed by atoms with E-state index in [4.69, 9.17) is 0 Å². The van der Waals surface area contributed by atoms with Crippen molar-refractivity contribution in [2.24, 2.45) is 0 Å². The smallest absolute Gasteiger partial charge is 0.255 e. The van der Waals surface area contributed by atoms with Crippen molar-refractivity contribution in [3.8, 4) is 0 Å². The van der Waals surface area contributed by atoms with Crippen LogP contribution < -0.4 is 5.32 Å². The van der Waals surface area contributed by atoms with Crippen LogP contribution in [-0.4, -0.2) is 30.2 Å². The van der Waals surface area contributed by atoms with Gasteiger partial charge in [0.25, 0.3) is 5.91 Å². The van der Waals surface area contributed by atoms with E-state index in [2.05, 4.69) is 26.2 Å². The molecule has 1 aromatic heterocycles. The van der Waals surface area contributed by atoms with E-state index in [0.717, 1.165) is 29.3 Å². The summed E-state index contributed by atoms with van der Waals surface area (Å²) in [6.45, 7) is 0.475. The lowest BCUT2D eigenvalue weighted by Crippen LogP contribution is -2.38. The lowest BCUT2D eigenvalue weighted by molar-refractivity contribution is 0.102. The van der Waals surface area contributed by atoms with Gasteiger partial charge in [0.05, 0.1) is 10.9 Å². The van der Waals surface area contributed by atoms with E-state index < -0.39 is 10.0 Å². The molecular formula is C23H22BrN3O3S. The molecule has 160 valence electrons. The number of hydrogen-bond acceptors (Lipinski definition) is 4. The molecule has 1 aliphatic rings. The highest BCUT2D eigenvalue weighted by Crippen LogP contribution is 2.35. The minimum atomic E-state index is -3.68. The molecule has 1 amide bonds. The standard InChI is InChI=1S/C23H22BrN3O3S/c24-19-7-3-5-17(15-19)23(28)26-20-9-11-21(12-10-20)31(29,30)27-14-2-1-8-22(27)18-6-4-13-25-16-18/h3-7,9-13,15-16,22H,1-2,8,14H2,(H,26,28). The number of anilines is 1. The Kier molecular flexibility index (Phi) is 6.50. The number of benzene rings is 2. The number of carbonyl (C=O) groups is 1. The number of rotatable bonds is 5. The molecular weight excluding hydrogens is 478 g/mol. The van der Waals surface area contributed by atoms with E-state index in [1.54, 1.807) is 59.2 Å². The topological polar surface area (TPSA) is 79.4 Å². The number of halogens is 1. The molecule has 1 unspecified atom stereocenters. The molecule has 4 rings (SSSR count). The Labute approximate surface area is 190 Å². The summed E-state index contributed by atoms with van der Waals surface area (Å²) in [5.74, 6) is -0.260. The van der Waals surface area contributed by atoms with E-state index in [1.165, 1.54) is 0 Å². The Hall–Kier alpha value is -2.55. The molecule has 1 aliphatic heterocycles. The third-order valence-corrected chi connectivity index (χ3v) is 7.74. The fraction of sp³-hybridized carbons (Fsp3) is 0.217. The maximum absolute atomic E-state index is 13.4. The quantitative estimate of drug-likeness (QED) is 0.534. The molecule has 6 nitrogen and oxygen atoms in total. The number of sulfonamides is 1. The molecule has 2 aromatic carbocycles. The first-order valence-corrected chi connectivity index (χ1v) is 12.3. The Morgan fingerprint density at radius 2 is 1.87 bits per heavy atom. The fourth-order valence-corrected chi connectivity index (χ4v) is 5.86. The first-order valence-electron chi connectivity index (χ1n) is 10.0. The zero-order valence-corrected chi connectivity index (χ0v) is 19.1. The van der Waals surface area contributed by atoms with Gasteiger partial charge in [-0.2, -0.15) is 4.31 Å². The highest BCUT2D eigenvalue weighted by atomic mass is 79.9. The van der Waals surface area contributed by atoms with Crippen molar-refractivity contribution >= 4 is 37.5 Å². The molecule has 0 aliphatic carbocycles. The minimum absolute atomic E-state index is 0.212. The normalized spacial score (nSPS) is 17.3. The van der Waals surface area contributed by atoms with E-state index in [9.17, 15) is 13.2 Å². The summed E-state index contributed by atoms with van der Waals surface area (Å²) in [5, 5.41) is 2.80. The van der Waals surface area contributed by atoms with Crippen molar-refractivity contribution in [1.29, 1.82) is 0 Å². The van der Waals surface area contributed by atoms with Gasteiger partial charge >= 0.3 is 0 Å². The second kappa shape index (κ2) is 9.30. The minimum Gasteiger partial charge on any atom is -0.322 e. The SMILES string of the molecule is O=C(Nc1ccc(S(=O)(=O)N2CCCCC2c2cccnc2)cc1)c1cccc(Br)c1. The first kappa shape index (κ1) is 21.7. The summed E-state index contributed by atoms with van der Waals surface area (Å²) in [4.78, 5) is 16.8. The molecule has 1 N–H and O–H groups in total. The molecule has 0 spiro atoms.